The zero-order chi connectivity index (χ0) is 25.9. The summed E-state index contributed by atoms with van der Waals surface area (Å²) in [7, 11) is -4.06. The molecule has 0 spiro atoms. The molecule has 3 atom stereocenters. The van der Waals surface area contributed by atoms with Gasteiger partial charge in [0.05, 0.1) is 12.7 Å². The van der Waals surface area contributed by atoms with E-state index < -0.39 is 28.0 Å². The van der Waals surface area contributed by atoms with Crippen molar-refractivity contribution in [2.75, 3.05) is 19.7 Å². The third-order valence-corrected chi connectivity index (χ3v) is 9.37. The molecular formula is C25H36F2N2O6S. The Labute approximate surface area is 211 Å². The molecule has 2 N–H and O–H groups in total. The number of nitrogens with one attached hydrogen (secondary N) is 1. The largest absolute Gasteiger partial charge is 0.486 e. The average molecular weight is 531 g/mol. The van der Waals surface area contributed by atoms with Crippen molar-refractivity contribution in [1.29, 1.82) is 0 Å². The first-order valence-electron chi connectivity index (χ1n) is 12.8. The number of sulfonamides is 1. The van der Waals surface area contributed by atoms with Gasteiger partial charge in [-0.1, -0.05) is 6.07 Å². The predicted molar refractivity (Wildman–Crippen MR) is 129 cm³/mol. The summed E-state index contributed by atoms with van der Waals surface area (Å²) in [5.41, 5.74) is 0.831. The lowest BCUT2D eigenvalue weighted by Crippen LogP contribution is -2.40. The highest BCUT2D eigenvalue weighted by molar-refractivity contribution is 7.89. The zero-order valence-electron chi connectivity index (χ0n) is 20.6. The Kier molecular flexibility index (Phi) is 8.53. The van der Waals surface area contributed by atoms with Gasteiger partial charge in [-0.25, -0.2) is 17.2 Å². The van der Waals surface area contributed by atoms with Crippen LogP contribution in [0.25, 0.3) is 0 Å². The molecule has 0 radical (unpaired) electrons. The van der Waals surface area contributed by atoms with Crippen LogP contribution in [-0.2, 0) is 19.6 Å². The number of carboxylic acids is 1. The van der Waals surface area contributed by atoms with Crippen molar-refractivity contribution in [3.63, 3.8) is 0 Å². The number of carbonyl (C=O) groups is 1. The molecule has 2 heterocycles. The molecule has 0 amide bonds. The van der Waals surface area contributed by atoms with Crippen LogP contribution in [0.5, 0.6) is 5.75 Å². The van der Waals surface area contributed by atoms with Crippen LogP contribution in [0.3, 0.4) is 0 Å². The molecule has 1 saturated carbocycles. The van der Waals surface area contributed by atoms with E-state index >= 15 is 0 Å². The van der Waals surface area contributed by atoms with Crippen LogP contribution in [-0.4, -0.2) is 73.7 Å². The number of benzene rings is 1. The number of halogens is 2. The number of alkyl halides is 2. The zero-order valence-corrected chi connectivity index (χ0v) is 21.4. The highest BCUT2D eigenvalue weighted by Gasteiger charge is 2.41. The molecule has 4 rings (SSSR count). The van der Waals surface area contributed by atoms with E-state index in [1.54, 1.807) is 12.1 Å². The maximum atomic E-state index is 13.4. The molecule has 0 unspecified atom stereocenters. The molecule has 36 heavy (non-hydrogen) atoms. The number of rotatable bonds is 10. The Balaban J connectivity index is 1.37. The van der Waals surface area contributed by atoms with Gasteiger partial charge in [0.1, 0.15) is 22.8 Å². The molecule has 3 aliphatic rings. The molecule has 1 aliphatic carbocycles. The number of aryl methyl sites for hydroxylation is 1. The number of hydrogen-bond donors (Lipinski definition) is 2. The molecular weight excluding hydrogens is 494 g/mol. The first-order chi connectivity index (χ1) is 17.1. The lowest BCUT2D eigenvalue weighted by atomic mass is 9.92. The van der Waals surface area contributed by atoms with E-state index in [9.17, 15) is 27.1 Å². The summed E-state index contributed by atoms with van der Waals surface area (Å²) in [6.45, 7) is 3.20. The number of nitrogens with zero attached hydrogens (tertiary/aromatic N) is 1. The lowest BCUT2D eigenvalue weighted by molar-refractivity contribution is -0.140. The normalized spacial score (nSPS) is 27.4. The van der Waals surface area contributed by atoms with Gasteiger partial charge in [0.15, 0.2) is 0 Å². The maximum Gasteiger partial charge on any atom is 0.322 e. The van der Waals surface area contributed by atoms with E-state index in [2.05, 4.69) is 5.32 Å². The van der Waals surface area contributed by atoms with Gasteiger partial charge in [-0.3, -0.25) is 4.79 Å². The molecule has 0 aromatic heterocycles. The minimum Gasteiger partial charge on any atom is -0.486 e. The minimum atomic E-state index is -4.06. The second kappa shape index (κ2) is 11.3. The quantitative estimate of drug-likeness (QED) is 0.444. The molecule has 3 fully saturated rings. The molecule has 0 bridgehead atoms. The second-order valence-corrected chi connectivity index (χ2v) is 12.0. The van der Waals surface area contributed by atoms with Crippen LogP contribution < -0.4 is 10.1 Å². The van der Waals surface area contributed by atoms with Gasteiger partial charge in [-0.05, 0) is 69.7 Å². The smallest absolute Gasteiger partial charge is 0.322 e. The Morgan fingerprint density at radius 3 is 2.72 bits per heavy atom. The average Bonchev–Trinajstić information content (AvgIpc) is 3.48. The fourth-order valence-electron chi connectivity index (χ4n) is 5.37. The Morgan fingerprint density at radius 1 is 1.25 bits per heavy atom. The molecule has 1 aromatic carbocycles. The minimum absolute atomic E-state index is 0.0253. The van der Waals surface area contributed by atoms with E-state index in [0.717, 1.165) is 16.3 Å². The Bertz CT molecular complexity index is 1030. The standard InChI is InChI=1S/C25H36F2N2O6S/c1-17-6-7-23(36(32,33)29-14-3-4-19(29)24(30)31)22(16-17)35-21-10-15-34-20(21)5-2-13-28-18-8-11-25(26,27)12-9-18/h6-7,16,18-21,28H,2-5,8-15H2,1H3,(H,30,31)/t19-,20+,21+/m0/s1. The van der Waals surface area contributed by atoms with E-state index in [1.165, 1.54) is 6.07 Å². The Hall–Kier alpha value is -1.82. The first kappa shape index (κ1) is 27.2. The third-order valence-electron chi connectivity index (χ3n) is 7.42. The van der Waals surface area contributed by atoms with E-state index in [-0.39, 0.29) is 54.7 Å². The van der Waals surface area contributed by atoms with Crippen LogP contribution in [0.1, 0.15) is 63.4 Å². The van der Waals surface area contributed by atoms with Crippen molar-refractivity contribution >= 4 is 16.0 Å². The van der Waals surface area contributed by atoms with Crippen molar-refractivity contribution < 1.29 is 36.6 Å². The van der Waals surface area contributed by atoms with E-state index in [4.69, 9.17) is 9.47 Å². The van der Waals surface area contributed by atoms with Crippen LogP contribution >= 0.6 is 0 Å². The van der Waals surface area contributed by atoms with Gasteiger partial charge in [-0.15, -0.1) is 0 Å². The van der Waals surface area contributed by atoms with Gasteiger partial charge < -0.3 is 19.9 Å². The first-order valence-corrected chi connectivity index (χ1v) is 14.3. The van der Waals surface area contributed by atoms with Crippen LogP contribution in [0.15, 0.2) is 23.1 Å². The van der Waals surface area contributed by atoms with Crippen molar-refractivity contribution in [3.8, 4) is 5.75 Å². The second-order valence-electron chi connectivity index (χ2n) is 10.1. The van der Waals surface area contributed by atoms with Gasteiger partial charge >= 0.3 is 5.97 Å². The van der Waals surface area contributed by atoms with Gasteiger partial charge in [0.2, 0.25) is 15.9 Å². The molecule has 2 aliphatic heterocycles. The SMILES string of the molecule is Cc1ccc(S(=O)(=O)N2CCC[C@H]2C(=O)O)c(O[C@@H]2CCO[C@@H]2CCCNC2CCC(F)(F)CC2)c1. The van der Waals surface area contributed by atoms with Gasteiger partial charge in [0.25, 0.3) is 0 Å². The summed E-state index contributed by atoms with van der Waals surface area (Å²) in [5.74, 6) is -3.47. The van der Waals surface area contributed by atoms with Crippen LogP contribution in [0.2, 0.25) is 0 Å². The summed E-state index contributed by atoms with van der Waals surface area (Å²) in [5, 5.41) is 12.9. The summed E-state index contributed by atoms with van der Waals surface area (Å²) in [4.78, 5) is 11.6. The third kappa shape index (κ3) is 6.35. The summed E-state index contributed by atoms with van der Waals surface area (Å²) in [6, 6.07) is 3.88. The maximum absolute atomic E-state index is 13.4. The van der Waals surface area contributed by atoms with Crippen molar-refractivity contribution in [1.82, 2.24) is 9.62 Å². The molecule has 1 aromatic rings. The number of aliphatic carboxylic acids is 1. The summed E-state index contributed by atoms with van der Waals surface area (Å²) in [6.07, 6.45) is 3.14. The van der Waals surface area contributed by atoms with Crippen molar-refractivity contribution in [3.05, 3.63) is 23.8 Å². The fraction of sp³-hybridized carbons (Fsp3) is 0.720. The highest BCUT2D eigenvalue weighted by Crippen LogP contribution is 2.35. The van der Waals surface area contributed by atoms with Gasteiger partial charge in [0, 0.05) is 31.8 Å². The summed E-state index contributed by atoms with van der Waals surface area (Å²) >= 11 is 0. The molecule has 2 saturated heterocycles. The van der Waals surface area contributed by atoms with E-state index in [1.807, 2.05) is 6.92 Å². The number of ether oxygens (including phenoxy) is 2. The Morgan fingerprint density at radius 2 is 2.00 bits per heavy atom. The molecule has 202 valence electrons. The topological polar surface area (TPSA) is 105 Å². The lowest BCUT2D eigenvalue weighted by Gasteiger charge is -2.29. The predicted octanol–water partition coefficient (Wildman–Crippen LogP) is 3.72. The van der Waals surface area contributed by atoms with Crippen molar-refractivity contribution in [2.24, 2.45) is 0 Å². The monoisotopic (exact) mass is 530 g/mol. The molecule has 11 heteroatoms. The van der Waals surface area contributed by atoms with Crippen LogP contribution in [0, 0.1) is 6.92 Å². The van der Waals surface area contributed by atoms with Crippen LogP contribution in [0.4, 0.5) is 8.78 Å². The number of hydrogen-bond acceptors (Lipinski definition) is 6. The van der Waals surface area contributed by atoms with Gasteiger partial charge in [-0.2, -0.15) is 4.31 Å². The van der Waals surface area contributed by atoms with Crippen molar-refractivity contribution in [2.45, 2.75) is 99.8 Å². The summed E-state index contributed by atoms with van der Waals surface area (Å²) < 4.78 is 66.7. The highest BCUT2D eigenvalue weighted by atomic mass is 32.2. The van der Waals surface area contributed by atoms with E-state index in [0.29, 0.717) is 45.3 Å². The fourth-order valence-corrected chi connectivity index (χ4v) is 7.13. The molecule has 8 nitrogen and oxygen atoms in total. The number of carboxylic acid groups (broad SMARTS) is 1.